The summed E-state index contributed by atoms with van der Waals surface area (Å²) in [5, 5.41) is 0. The molecule has 0 aliphatic carbocycles. The van der Waals surface area contributed by atoms with Crippen LogP contribution in [0.5, 0.6) is 0 Å². The van der Waals surface area contributed by atoms with Crippen molar-refractivity contribution in [1.82, 2.24) is 4.90 Å². The number of hydrogen-bond acceptors (Lipinski definition) is 5. The zero-order chi connectivity index (χ0) is 15.3. The molecule has 0 spiro atoms. The number of likely N-dealkylation sites (tertiary alicyclic amines) is 1. The number of rotatable bonds is 3. The summed E-state index contributed by atoms with van der Waals surface area (Å²) in [5.74, 6) is -0.206. The first-order chi connectivity index (χ1) is 9.23. The molecule has 1 rings (SSSR count). The molecule has 1 aliphatic rings. The average Bonchev–Trinajstić information content (AvgIpc) is 2.36. The van der Waals surface area contributed by atoms with Gasteiger partial charge in [0.1, 0.15) is 5.60 Å². The van der Waals surface area contributed by atoms with E-state index in [1.807, 2.05) is 20.8 Å². The second kappa shape index (κ2) is 6.92. The van der Waals surface area contributed by atoms with Crippen molar-refractivity contribution in [3.05, 3.63) is 0 Å². The number of carbonyl (C=O) groups excluding carboxylic acids is 2. The Morgan fingerprint density at radius 2 is 2.05 bits per heavy atom. The van der Waals surface area contributed by atoms with Gasteiger partial charge in [-0.25, -0.2) is 4.79 Å². The quantitative estimate of drug-likeness (QED) is 0.795. The van der Waals surface area contributed by atoms with E-state index in [1.165, 1.54) is 7.11 Å². The smallest absolute Gasteiger partial charge is 0.410 e. The zero-order valence-electron chi connectivity index (χ0n) is 12.8. The number of nitrogens with zero attached hydrogens (tertiary/aromatic N) is 1. The maximum Gasteiger partial charge on any atom is 0.410 e. The van der Waals surface area contributed by atoms with Gasteiger partial charge in [0.15, 0.2) is 0 Å². The highest BCUT2D eigenvalue weighted by Gasteiger charge is 2.31. The maximum absolute atomic E-state index is 12.0. The molecule has 1 aliphatic heterocycles. The van der Waals surface area contributed by atoms with Gasteiger partial charge in [0.25, 0.3) is 0 Å². The summed E-state index contributed by atoms with van der Waals surface area (Å²) in [7, 11) is 1.35. The first kappa shape index (κ1) is 16.8. The van der Waals surface area contributed by atoms with Crippen LogP contribution >= 0.6 is 0 Å². The molecule has 2 atom stereocenters. The normalized spacial score (nSPS) is 21.2. The van der Waals surface area contributed by atoms with E-state index < -0.39 is 5.60 Å². The van der Waals surface area contributed by atoms with E-state index in [0.717, 1.165) is 12.8 Å². The van der Waals surface area contributed by atoms with E-state index in [9.17, 15) is 9.59 Å². The lowest BCUT2D eigenvalue weighted by Gasteiger charge is -2.36. The van der Waals surface area contributed by atoms with Crippen LogP contribution in [0.15, 0.2) is 0 Å². The van der Waals surface area contributed by atoms with Gasteiger partial charge in [0, 0.05) is 19.1 Å². The van der Waals surface area contributed by atoms with Gasteiger partial charge in [-0.05, 0) is 39.5 Å². The third-order valence-electron chi connectivity index (χ3n) is 3.35. The molecule has 1 saturated heterocycles. The van der Waals surface area contributed by atoms with Gasteiger partial charge in [-0.3, -0.25) is 4.79 Å². The topological polar surface area (TPSA) is 81.9 Å². The molecule has 2 N–H and O–H groups in total. The minimum atomic E-state index is -0.502. The van der Waals surface area contributed by atoms with E-state index in [1.54, 1.807) is 4.90 Å². The number of ether oxygens (including phenoxy) is 2. The largest absolute Gasteiger partial charge is 0.469 e. The van der Waals surface area contributed by atoms with Gasteiger partial charge in [-0.15, -0.1) is 0 Å². The van der Waals surface area contributed by atoms with Gasteiger partial charge < -0.3 is 20.1 Å². The molecule has 0 aromatic rings. The second-order valence-electron chi connectivity index (χ2n) is 6.27. The minimum absolute atomic E-state index is 0.107. The highest BCUT2D eigenvalue weighted by atomic mass is 16.6. The minimum Gasteiger partial charge on any atom is -0.469 e. The van der Waals surface area contributed by atoms with Gasteiger partial charge in [-0.2, -0.15) is 0 Å². The summed E-state index contributed by atoms with van der Waals surface area (Å²) in [6.45, 7) is 6.74. The molecule has 0 radical (unpaired) electrons. The van der Waals surface area contributed by atoms with Gasteiger partial charge >= 0.3 is 12.1 Å². The Labute approximate surface area is 120 Å². The third kappa shape index (κ3) is 5.36. The molecule has 1 heterocycles. The Balaban J connectivity index is 2.53. The van der Waals surface area contributed by atoms with Crippen LogP contribution in [0, 0.1) is 5.92 Å². The fourth-order valence-electron chi connectivity index (χ4n) is 2.29. The van der Waals surface area contributed by atoms with Crippen LogP contribution in [-0.2, 0) is 14.3 Å². The van der Waals surface area contributed by atoms with Crippen molar-refractivity contribution in [2.45, 2.75) is 51.7 Å². The number of esters is 1. The number of nitrogens with two attached hydrogens (primary N) is 1. The van der Waals surface area contributed by atoms with E-state index in [2.05, 4.69) is 4.74 Å². The number of methoxy groups -OCH3 is 1. The Morgan fingerprint density at radius 1 is 1.40 bits per heavy atom. The lowest BCUT2D eigenvalue weighted by Crippen LogP contribution is -2.48. The Kier molecular flexibility index (Phi) is 5.80. The predicted octanol–water partition coefficient (Wildman–Crippen LogP) is 1.52. The van der Waals surface area contributed by atoms with E-state index >= 15 is 0 Å². The maximum atomic E-state index is 12.0. The first-order valence-corrected chi connectivity index (χ1v) is 7.03. The molecule has 1 fully saturated rings. The summed E-state index contributed by atoms with van der Waals surface area (Å²) in [6.07, 6.45) is 1.66. The lowest BCUT2D eigenvalue weighted by atomic mass is 9.89. The van der Waals surface area contributed by atoms with Crippen LogP contribution in [0.2, 0.25) is 0 Å². The lowest BCUT2D eigenvalue weighted by molar-refractivity contribution is -0.141. The average molecular weight is 286 g/mol. The summed E-state index contributed by atoms with van der Waals surface area (Å²) in [4.78, 5) is 25.0. The molecule has 20 heavy (non-hydrogen) atoms. The molecule has 0 aromatic heterocycles. The summed E-state index contributed by atoms with van der Waals surface area (Å²) in [5.41, 5.74) is 5.53. The van der Waals surface area contributed by atoms with Crippen LogP contribution in [0.3, 0.4) is 0 Å². The van der Waals surface area contributed by atoms with Crippen molar-refractivity contribution < 1.29 is 19.1 Å². The highest BCUT2D eigenvalue weighted by Crippen LogP contribution is 2.22. The van der Waals surface area contributed by atoms with E-state index in [-0.39, 0.29) is 30.4 Å². The number of carbonyl (C=O) groups is 2. The molecule has 6 nitrogen and oxygen atoms in total. The Bertz CT molecular complexity index is 352. The molecule has 0 saturated carbocycles. The Morgan fingerprint density at radius 3 is 2.60 bits per heavy atom. The highest BCUT2D eigenvalue weighted by molar-refractivity contribution is 5.70. The summed E-state index contributed by atoms with van der Waals surface area (Å²) >= 11 is 0. The van der Waals surface area contributed by atoms with Crippen LogP contribution in [0.1, 0.15) is 40.0 Å². The van der Waals surface area contributed by atoms with Gasteiger partial charge in [0.05, 0.1) is 13.5 Å². The van der Waals surface area contributed by atoms with Gasteiger partial charge in [-0.1, -0.05) is 0 Å². The van der Waals surface area contributed by atoms with Crippen LogP contribution in [-0.4, -0.2) is 48.8 Å². The third-order valence-corrected chi connectivity index (χ3v) is 3.35. The molecule has 6 heteroatoms. The molecule has 1 amide bonds. The van der Waals surface area contributed by atoms with Crippen molar-refractivity contribution >= 4 is 12.1 Å². The standard InChI is InChI=1S/C14H26N2O4/c1-14(2,3)20-13(18)16-7-5-6-10(9-16)11(15)8-12(17)19-4/h10-11H,5-9,15H2,1-4H3. The SMILES string of the molecule is COC(=O)CC(N)C1CCCN(C(=O)OC(C)(C)C)C1. The fourth-order valence-corrected chi connectivity index (χ4v) is 2.29. The van der Waals surface area contributed by atoms with Crippen molar-refractivity contribution in [3.63, 3.8) is 0 Å². The predicted molar refractivity (Wildman–Crippen MR) is 75.1 cm³/mol. The summed E-state index contributed by atoms with van der Waals surface area (Å²) < 4.78 is 9.99. The van der Waals surface area contributed by atoms with Crippen LogP contribution < -0.4 is 5.73 Å². The van der Waals surface area contributed by atoms with Crippen molar-refractivity contribution in [2.75, 3.05) is 20.2 Å². The van der Waals surface area contributed by atoms with Crippen molar-refractivity contribution in [3.8, 4) is 0 Å². The monoisotopic (exact) mass is 286 g/mol. The molecule has 2 unspecified atom stereocenters. The van der Waals surface area contributed by atoms with E-state index in [0.29, 0.717) is 13.1 Å². The molecular formula is C14H26N2O4. The van der Waals surface area contributed by atoms with E-state index in [4.69, 9.17) is 10.5 Å². The second-order valence-corrected chi connectivity index (χ2v) is 6.27. The fraction of sp³-hybridized carbons (Fsp3) is 0.857. The molecule has 0 aromatic carbocycles. The molecular weight excluding hydrogens is 260 g/mol. The number of hydrogen-bond donors (Lipinski definition) is 1. The zero-order valence-corrected chi connectivity index (χ0v) is 12.8. The molecule has 0 bridgehead atoms. The first-order valence-electron chi connectivity index (χ1n) is 7.03. The Hall–Kier alpha value is -1.30. The van der Waals surface area contributed by atoms with Gasteiger partial charge in [0.2, 0.25) is 0 Å². The number of piperidine rings is 1. The van der Waals surface area contributed by atoms with Crippen molar-refractivity contribution in [1.29, 1.82) is 0 Å². The molecule has 116 valence electrons. The number of amides is 1. The van der Waals surface area contributed by atoms with Crippen LogP contribution in [0.25, 0.3) is 0 Å². The summed E-state index contributed by atoms with van der Waals surface area (Å²) in [6, 6.07) is -0.285. The van der Waals surface area contributed by atoms with Crippen molar-refractivity contribution in [2.24, 2.45) is 11.7 Å². The van der Waals surface area contributed by atoms with Crippen LogP contribution in [0.4, 0.5) is 4.79 Å².